The molecule has 0 aliphatic carbocycles. The Morgan fingerprint density at radius 3 is 2.54 bits per heavy atom. The van der Waals surface area contributed by atoms with Crippen LogP contribution in [0.4, 0.5) is 5.69 Å². The summed E-state index contributed by atoms with van der Waals surface area (Å²) in [6.45, 7) is 6.61. The lowest BCUT2D eigenvalue weighted by molar-refractivity contribution is -0.117. The van der Waals surface area contributed by atoms with Crippen molar-refractivity contribution in [3.63, 3.8) is 0 Å². The molecule has 1 unspecified atom stereocenters. The first kappa shape index (κ1) is 19.7. The summed E-state index contributed by atoms with van der Waals surface area (Å²) in [5.74, 6) is 0.668. The molecule has 0 aliphatic rings. The van der Waals surface area contributed by atoms with Crippen LogP contribution >= 0.6 is 0 Å². The summed E-state index contributed by atoms with van der Waals surface area (Å²) in [7, 11) is 1.64. The Balaban J connectivity index is 2.05. The van der Waals surface area contributed by atoms with Gasteiger partial charge in [0, 0.05) is 17.3 Å². The second-order valence-corrected chi connectivity index (χ2v) is 6.20. The fourth-order valence-electron chi connectivity index (χ4n) is 2.84. The van der Waals surface area contributed by atoms with Crippen molar-refractivity contribution in [2.24, 2.45) is 0 Å². The molecule has 2 aromatic carbocycles. The molecule has 2 rings (SSSR count). The molecule has 0 bridgehead atoms. The topological polar surface area (TPSA) is 58.6 Å². The van der Waals surface area contributed by atoms with Gasteiger partial charge in [0.25, 0.3) is 0 Å². The lowest BCUT2D eigenvalue weighted by Gasteiger charge is -2.27. The number of anilines is 1. The standard InChI is InChI=1S/C21H26N2O3/c1-5-23(15(2)17-8-7-11-20(13-17)26-4)14-21(25)22-19-10-6-9-18(12-19)16(3)24/h6-13,15H,5,14H2,1-4H3,(H,22,25). The number of carbonyl (C=O) groups excluding carboxylic acids is 2. The molecule has 1 amide bonds. The largest absolute Gasteiger partial charge is 0.497 e. The van der Waals surface area contributed by atoms with Crippen molar-refractivity contribution in [3.8, 4) is 5.75 Å². The van der Waals surface area contributed by atoms with Crippen LogP contribution in [-0.2, 0) is 4.79 Å². The zero-order valence-corrected chi connectivity index (χ0v) is 15.8. The predicted octanol–water partition coefficient (Wildman–Crippen LogP) is 3.92. The molecule has 2 aromatic rings. The van der Waals surface area contributed by atoms with E-state index in [2.05, 4.69) is 17.1 Å². The third kappa shape index (κ3) is 5.17. The summed E-state index contributed by atoms with van der Waals surface area (Å²) >= 11 is 0. The third-order valence-corrected chi connectivity index (χ3v) is 4.43. The smallest absolute Gasteiger partial charge is 0.238 e. The van der Waals surface area contributed by atoms with Crippen molar-refractivity contribution in [3.05, 3.63) is 59.7 Å². The highest BCUT2D eigenvalue weighted by Crippen LogP contribution is 2.23. The highest BCUT2D eigenvalue weighted by Gasteiger charge is 2.18. The van der Waals surface area contributed by atoms with Crippen LogP contribution in [-0.4, -0.2) is 36.8 Å². The van der Waals surface area contributed by atoms with Crippen LogP contribution in [0.3, 0.4) is 0 Å². The van der Waals surface area contributed by atoms with Gasteiger partial charge < -0.3 is 10.1 Å². The van der Waals surface area contributed by atoms with Gasteiger partial charge in [0.2, 0.25) is 5.91 Å². The second-order valence-electron chi connectivity index (χ2n) is 6.20. The van der Waals surface area contributed by atoms with Gasteiger partial charge in [0.15, 0.2) is 5.78 Å². The molecular formula is C21H26N2O3. The summed E-state index contributed by atoms with van der Waals surface area (Å²) in [6, 6.07) is 14.9. The van der Waals surface area contributed by atoms with E-state index >= 15 is 0 Å². The van der Waals surface area contributed by atoms with E-state index < -0.39 is 0 Å². The maximum Gasteiger partial charge on any atom is 0.238 e. The molecule has 138 valence electrons. The molecule has 1 N–H and O–H groups in total. The Kier molecular flexibility index (Phi) is 6.92. The number of hydrogen-bond acceptors (Lipinski definition) is 4. The summed E-state index contributed by atoms with van der Waals surface area (Å²) in [5, 5.41) is 2.87. The monoisotopic (exact) mass is 354 g/mol. The van der Waals surface area contributed by atoms with E-state index in [4.69, 9.17) is 4.74 Å². The van der Waals surface area contributed by atoms with Gasteiger partial charge in [-0.2, -0.15) is 0 Å². The first-order valence-electron chi connectivity index (χ1n) is 8.73. The van der Waals surface area contributed by atoms with Gasteiger partial charge in [0.05, 0.1) is 13.7 Å². The number of ether oxygens (including phenoxy) is 1. The highest BCUT2D eigenvalue weighted by atomic mass is 16.5. The molecule has 0 spiro atoms. The predicted molar refractivity (Wildman–Crippen MR) is 104 cm³/mol. The Bertz CT molecular complexity index is 773. The average Bonchev–Trinajstić information content (AvgIpc) is 2.65. The van der Waals surface area contributed by atoms with Crippen molar-refractivity contribution >= 4 is 17.4 Å². The second kappa shape index (κ2) is 9.15. The van der Waals surface area contributed by atoms with Crippen LogP contribution in [0.5, 0.6) is 5.75 Å². The van der Waals surface area contributed by atoms with Crippen molar-refractivity contribution < 1.29 is 14.3 Å². The lowest BCUT2D eigenvalue weighted by atomic mass is 10.1. The quantitative estimate of drug-likeness (QED) is 0.730. The molecule has 0 aromatic heterocycles. The van der Waals surface area contributed by atoms with Gasteiger partial charge in [-0.05, 0) is 50.2 Å². The Labute approximate surface area is 155 Å². The minimum Gasteiger partial charge on any atom is -0.497 e. The molecule has 0 heterocycles. The minimum atomic E-state index is -0.109. The number of likely N-dealkylation sites (N-methyl/N-ethyl adjacent to an activating group) is 1. The summed E-state index contributed by atoms with van der Waals surface area (Å²) in [5.41, 5.74) is 2.31. The fraction of sp³-hybridized carbons (Fsp3) is 0.333. The first-order valence-corrected chi connectivity index (χ1v) is 8.73. The number of rotatable bonds is 8. The maximum atomic E-state index is 12.5. The van der Waals surface area contributed by atoms with E-state index in [0.29, 0.717) is 11.3 Å². The number of amides is 1. The van der Waals surface area contributed by atoms with Crippen LogP contribution in [0.15, 0.2) is 48.5 Å². The molecule has 0 radical (unpaired) electrons. The van der Waals surface area contributed by atoms with Gasteiger partial charge in [-0.25, -0.2) is 0 Å². The Morgan fingerprint density at radius 2 is 1.88 bits per heavy atom. The molecule has 0 fully saturated rings. The Morgan fingerprint density at radius 1 is 1.15 bits per heavy atom. The molecule has 26 heavy (non-hydrogen) atoms. The van der Waals surface area contributed by atoms with E-state index in [9.17, 15) is 9.59 Å². The number of Topliss-reactive ketones (excluding diaryl/α,β-unsaturated/α-hetero) is 1. The number of hydrogen-bond donors (Lipinski definition) is 1. The van der Waals surface area contributed by atoms with E-state index in [0.717, 1.165) is 17.9 Å². The molecule has 5 nitrogen and oxygen atoms in total. The van der Waals surface area contributed by atoms with Gasteiger partial charge in [0.1, 0.15) is 5.75 Å². The van der Waals surface area contributed by atoms with E-state index in [1.165, 1.54) is 6.92 Å². The number of nitrogens with zero attached hydrogens (tertiary/aromatic N) is 1. The van der Waals surface area contributed by atoms with Crippen molar-refractivity contribution in [2.75, 3.05) is 25.5 Å². The number of nitrogens with one attached hydrogen (secondary N) is 1. The lowest BCUT2D eigenvalue weighted by Crippen LogP contribution is -2.35. The Hall–Kier alpha value is -2.66. The zero-order valence-electron chi connectivity index (χ0n) is 15.8. The molecule has 0 aliphatic heterocycles. The summed E-state index contributed by atoms with van der Waals surface area (Å²) in [4.78, 5) is 26.0. The van der Waals surface area contributed by atoms with Gasteiger partial charge in [-0.15, -0.1) is 0 Å². The van der Waals surface area contributed by atoms with E-state index in [1.807, 2.05) is 31.2 Å². The normalized spacial score (nSPS) is 11.9. The number of carbonyl (C=O) groups is 2. The van der Waals surface area contributed by atoms with E-state index in [1.54, 1.807) is 31.4 Å². The molecule has 5 heteroatoms. The zero-order chi connectivity index (χ0) is 19.1. The summed E-state index contributed by atoms with van der Waals surface area (Å²) in [6.07, 6.45) is 0. The minimum absolute atomic E-state index is 0.0251. The SMILES string of the molecule is CCN(CC(=O)Nc1cccc(C(C)=O)c1)C(C)c1cccc(OC)c1. The first-order chi connectivity index (χ1) is 12.4. The number of ketones is 1. The summed E-state index contributed by atoms with van der Waals surface area (Å²) < 4.78 is 5.28. The average molecular weight is 354 g/mol. The fourth-order valence-corrected chi connectivity index (χ4v) is 2.84. The van der Waals surface area contributed by atoms with Crippen molar-refractivity contribution in [1.29, 1.82) is 0 Å². The molecule has 0 saturated carbocycles. The van der Waals surface area contributed by atoms with Crippen LogP contribution in [0.1, 0.15) is 42.7 Å². The van der Waals surface area contributed by atoms with Crippen LogP contribution in [0.25, 0.3) is 0 Å². The van der Waals surface area contributed by atoms with Crippen molar-refractivity contribution in [2.45, 2.75) is 26.8 Å². The van der Waals surface area contributed by atoms with Crippen LogP contribution in [0, 0.1) is 0 Å². The molecule has 0 saturated heterocycles. The number of methoxy groups -OCH3 is 1. The highest BCUT2D eigenvalue weighted by molar-refractivity contribution is 5.97. The molecule has 1 atom stereocenters. The maximum absolute atomic E-state index is 12.5. The van der Waals surface area contributed by atoms with Gasteiger partial charge in [-0.3, -0.25) is 14.5 Å². The molecular weight excluding hydrogens is 328 g/mol. The third-order valence-electron chi connectivity index (χ3n) is 4.43. The van der Waals surface area contributed by atoms with Crippen LogP contribution in [0.2, 0.25) is 0 Å². The van der Waals surface area contributed by atoms with Crippen molar-refractivity contribution in [1.82, 2.24) is 4.90 Å². The van der Waals surface area contributed by atoms with Crippen LogP contribution < -0.4 is 10.1 Å². The van der Waals surface area contributed by atoms with E-state index in [-0.39, 0.29) is 24.3 Å². The number of benzene rings is 2. The van der Waals surface area contributed by atoms with Gasteiger partial charge >= 0.3 is 0 Å². The van der Waals surface area contributed by atoms with Gasteiger partial charge in [-0.1, -0.05) is 31.2 Å².